The maximum atomic E-state index is 5.67. The Balaban J connectivity index is 1.84. The molecule has 0 atom stereocenters. The first kappa shape index (κ1) is 13.9. The Morgan fingerprint density at radius 3 is 2.62 bits per heavy atom. The van der Waals surface area contributed by atoms with Crippen LogP contribution >= 0.6 is 0 Å². The molecule has 3 rings (SSSR count). The van der Waals surface area contributed by atoms with Gasteiger partial charge in [-0.1, -0.05) is 18.2 Å². The molecule has 0 amide bonds. The standard InChI is InChI=1S/C17H21N3O/c1-21-17-14(3-2-10-19-17)12-20(16-8-9-16)15-6-4-13(11-18)5-7-15/h2-7,10,16H,8-9,11-12,18H2,1H3. The minimum absolute atomic E-state index is 0.583. The number of ether oxygens (including phenoxy) is 1. The molecule has 1 saturated carbocycles. The van der Waals surface area contributed by atoms with Crippen molar-refractivity contribution >= 4 is 5.69 Å². The molecule has 1 aliphatic carbocycles. The molecule has 2 aromatic rings. The summed E-state index contributed by atoms with van der Waals surface area (Å²) >= 11 is 0. The van der Waals surface area contributed by atoms with Gasteiger partial charge in [0, 0.05) is 36.6 Å². The van der Waals surface area contributed by atoms with Gasteiger partial charge in [0.05, 0.1) is 7.11 Å². The summed E-state index contributed by atoms with van der Waals surface area (Å²) in [7, 11) is 1.67. The Morgan fingerprint density at radius 1 is 1.24 bits per heavy atom. The van der Waals surface area contributed by atoms with Crippen LogP contribution in [0.2, 0.25) is 0 Å². The molecule has 0 bridgehead atoms. The molecule has 4 nitrogen and oxygen atoms in total. The second-order valence-corrected chi connectivity index (χ2v) is 5.40. The highest BCUT2D eigenvalue weighted by molar-refractivity contribution is 5.51. The number of aromatic nitrogens is 1. The minimum Gasteiger partial charge on any atom is -0.481 e. The van der Waals surface area contributed by atoms with E-state index in [1.807, 2.05) is 6.07 Å². The third kappa shape index (κ3) is 3.16. The number of anilines is 1. The monoisotopic (exact) mass is 283 g/mol. The van der Waals surface area contributed by atoms with Crippen molar-refractivity contribution < 1.29 is 4.74 Å². The fraction of sp³-hybridized carbons (Fsp3) is 0.353. The average molecular weight is 283 g/mol. The highest BCUT2D eigenvalue weighted by Gasteiger charge is 2.29. The van der Waals surface area contributed by atoms with E-state index in [1.165, 1.54) is 18.5 Å². The van der Waals surface area contributed by atoms with E-state index in [2.05, 4.69) is 40.2 Å². The minimum atomic E-state index is 0.583. The molecule has 2 N–H and O–H groups in total. The number of pyridine rings is 1. The van der Waals surface area contributed by atoms with Crippen LogP contribution in [0.4, 0.5) is 5.69 Å². The molecule has 1 aromatic carbocycles. The van der Waals surface area contributed by atoms with E-state index < -0.39 is 0 Å². The number of hydrogen-bond acceptors (Lipinski definition) is 4. The smallest absolute Gasteiger partial charge is 0.218 e. The van der Waals surface area contributed by atoms with Crippen LogP contribution < -0.4 is 15.4 Å². The lowest BCUT2D eigenvalue weighted by Crippen LogP contribution is -2.25. The topological polar surface area (TPSA) is 51.4 Å². The van der Waals surface area contributed by atoms with Gasteiger partial charge in [0.2, 0.25) is 5.88 Å². The zero-order valence-corrected chi connectivity index (χ0v) is 12.3. The Bertz CT molecular complexity index is 593. The Hall–Kier alpha value is -2.07. The summed E-state index contributed by atoms with van der Waals surface area (Å²) in [5.74, 6) is 0.710. The van der Waals surface area contributed by atoms with Crippen molar-refractivity contribution in [3.05, 3.63) is 53.7 Å². The summed E-state index contributed by atoms with van der Waals surface area (Å²) in [6.45, 7) is 1.41. The molecule has 1 heterocycles. The molecule has 0 spiro atoms. The van der Waals surface area contributed by atoms with Gasteiger partial charge in [0.15, 0.2) is 0 Å². The van der Waals surface area contributed by atoms with Gasteiger partial charge in [0.1, 0.15) is 0 Å². The number of nitrogens with zero attached hydrogens (tertiary/aromatic N) is 2. The van der Waals surface area contributed by atoms with E-state index in [4.69, 9.17) is 10.5 Å². The summed E-state index contributed by atoms with van der Waals surface area (Å²) in [5, 5.41) is 0. The summed E-state index contributed by atoms with van der Waals surface area (Å²) in [6, 6.07) is 13.2. The first-order chi connectivity index (χ1) is 10.3. The number of rotatable bonds is 6. The van der Waals surface area contributed by atoms with Gasteiger partial charge < -0.3 is 15.4 Å². The maximum Gasteiger partial charge on any atom is 0.218 e. The molecule has 1 aromatic heterocycles. The van der Waals surface area contributed by atoms with Gasteiger partial charge in [-0.05, 0) is 36.6 Å². The Kier molecular flexibility index (Phi) is 4.06. The van der Waals surface area contributed by atoms with E-state index in [0.29, 0.717) is 18.5 Å². The summed E-state index contributed by atoms with van der Waals surface area (Å²) in [5.41, 5.74) is 9.19. The van der Waals surface area contributed by atoms with E-state index in [9.17, 15) is 0 Å². The van der Waals surface area contributed by atoms with Crippen molar-refractivity contribution in [3.63, 3.8) is 0 Å². The highest BCUT2D eigenvalue weighted by Crippen LogP contribution is 2.34. The highest BCUT2D eigenvalue weighted by atomic mass is 16.5. The van der Waals surface area contributed by atoms with Crippen LogP contribution in [0.1, 0.15) is 24.0 Å². The molecule has 21 heavy (non-hydrogen) atoms. The number of benzene rings is 1. The van der Waals surface area contributed by atoms with Crippen molar-refractivity contribution in [2.75, 3.05) is 12.0 Å². The van der Waals surface area contributed by atoms with Crippen molar-refractivity contribution in [3.8, 4) is 5.88 Å². The molecule has 0 saturated heterocycles. The number of nitrogens with two attached hydrogens (primary N) is 1. The van der Waals surface area contributed by atoms with Crippen molar-refractivity contribution in [2.45, 2.75) is 32.0 Å². The zero-order chi connectivity index (χ0) is 14.7. The quantitative estimate of drug-likeness (QED) is 0.885. The first-order valence-electron chi connectivity index (χ1n) is 7.35. The van der Waals surface area contributed by atoms with Crippen LogP contribution in [0.5, 0.6) is 5.88 Å². The fourth-order valence-corrected chi connectivity index (χ4v) is 2.55. The van der Waals surface area contributed by atoms with Crippen LogP contribution in [-0.4, -0.2) is 18.1 Å². The lowest BCUT2D eigenvalue weighted by molar-refractivity contribution is 0.392. The van der Waals surface area contributed by atoms with Gasteiger partial charge >= 0.3 is 0 Å². The summed E-state index contributed by atoms with van der Waals surface area (Å²) in [4.78, 5) is 6.72. The maximum absolute atomic E-state index is 5.67. The molecule has 1 aliphatic rings. The summed E-state index contributed by atoms with van der Waals surface area (Å²) in [6.07, 6.45) is 4.27. The van der Waals surface area contributed by atoms with Crippen molar-refractivity contribution in [2.24, 2.45) is 5.73 Å². The normalized spacial score (nSPS) is 14.0. The number of hydrogen-bond donors (Lipinski definition) is 1. The largest absolute Gasteiger partial charge is 0.481 e. The van der Waals surface area contributed by atoms with Crippen molar-refractivity contribution in [1.82, 2.24) is 4.98 Å². The van der Waals surface area contributed by atoms with Crippen LogP contribution in [0.15, 0.2) is 42.6 Å². The molecule has 0 aliphatic heterocycles. The average Bonchev–Trinajstić information content (AvgIpc) is 3.38. The van der Waals surface area contributed by atoms with Gasteiger partial charge in [-0.2, -0.15) is 0 Å². The zero-order valence-electron chi connectivity index (χ0n) is 12.3. The van der Waals surface area contributed by atoms with E-state index in [-0.39, 0.29) is 0 Å². The third-order valence-corrected chi connectivity index (χ3v) is 3.88. The van der Waals surface area contributed by atoms with Crippen molar-refractivity contribution in [1.29, 1.82) is 0 Å². The fourth-order valence-electron chi connectivity index (χ4n) is 2.55. The second kappa shape index (κ2) is 6.14. The van der Waals surface area contributed by atoms with Crippen LogP contribution in [0.3, 0.4) is 0 Å². The Morgan fingerprint density at radius 2 is 2.00 bits per heavy atom. The number of methoxy groups -OCH3 is 1. The third-order valence-electron chi connectivity index (χ3n) is 3.88. The summed E-state index contributed by atoms with van der Waals surface area (Å²) < 4.78 is 5.36. The van der Waals surface area contributed by atoms with Gasteiger partial charge in [-0.15, -0.1) is 0 Å². The van der Waals surface area contributed by atoms with Crippen LogP contribution in [0.25, 0.3) is 0 Å². The molecule has 1 fully saturated rings. The Labute approximate surface area is 125 Å². The van der Waals surface area contributed by atoms with Crippen LogP contribution in [-0.2, 0) is 13.1 Å². The molecule has 4 heteroatoms. The van der Waals surface area contributed by atoms with E-state index >= 15 is 0 Å². The second-order valence-electron chi connectivity index (χ2n) is 5.40. The molecule has 0 unspecified atom stereocenters. The predicted octanol–water partition coefficient (Wildman–Crippen LogP) is 2.72. The SMILES string of the molecule is COc1ncccc1CN(c1ccc(CN)cc1)C1CC1. The molecule has 0 radical (unpaired) electrons. The predicted molar refractivity (Wildman–Crippen MR) is 84.3 cm³/mol. The van der Waals surface area contributed by atoms with Gasteiger partial charge in [-0.25, -0.2) is 4.98 Å². The van der Waals surface area contributed by atoms with Gasteiger partial charge in [0.25, 0.3) is 0 Å². The van der Waals surface area contributed by atoms with E-state index in [0.717, 1.165) is 17.7 Å². The first-order valence-corrected chi connectivity index (χ1v) is 7.35. The van der Waals surface area contributed by atoms with E-state index in [1.54, 1.807) is 13.3 Å². The van der Waals surface area contributed by atoms with Crippen LogP contribution in [0, 0.1) is 0 Å². The lowest BCUT2D eigenvalue weighted by Gasteiger charge is -2.25. The lowest BCUT2D eigenvalue weighted by atomic mass is 10.1. The van der Waals surface area contributed by atoms with Gasteiger partial charge in [-0.3, -0.25) is 0 Å². The molecular weight excluding hydrogens is 262 g/mol. The molecular formula is C17H21N3O. The molecule has 110 valence electrons.